The highest BCUT2D eigenvalue weighted by molar-refractivity contribution is 5.52. The first kappa shape index (κ1) is 14.4. The van der Waals surface area contributed by atoms with Crippen LogP contribution in [0.4, 0.5) is 0 Å². The maximum absolute atomic E-state index is 5.72. The van der Waals surface area contributed by atoms with Crippen molar-refractivity contribution >= 4 is 6.08 Å². The second-order valence-corrected chi connectivity index (χ2v) is 4.87. The van der Waals surface area contributed by atoms with Gasteiger partial charge >= 0.3 is 0 Å². The zero-order valence-electron chi connectivity index (χ0n) is 12.1. The molecule has 2 aromatic rings. The van der Waals surface area contributed by atoms with Crippen LogP contribution < -0.4 is 4.74 Å². The standard InChI is InChI=1S/C19H22O/c1-2-3-15-20-19-14-8-13-18(16-19)12-7-11-17-9-5-4-6-10-17/h4-10,12-14,16H,2-3,11,15H2,1H3/b12-7+. The van der Waals surface area contributed by atoms with Crippen LogP contribution in [0.1, 0.15) is 30.9 Å². The molecule has 0 aliphatic heterocycles. The average molecular weight is 266 g/mol. The molecule has 2 aromatic carbocycles. The van der Waals surface area contributed by atoms with E-state index in [1.54, 1.807) is 0 Å². The van der Waals surface area contributed by atoms with Crippen LogP contribution in [0.3, 0.4) is 0 Å². The van der Waals surface area contributed by atoms with Crippen molar-refractivity contribution in [2.24, 2.45) is 0 Å². The second-order valence-electron chi connectivity index (χ2n) is 4.87. The summed E-state index contributed by atoms with van der Waals surface area (Å²) < 4.78 is 5.72. The average Bonchev–Trinajstić information content (AvgIpc) is 2.49. The maximum Gasteiger partial charge on any atom is 0.119 e. The van der Waals surface area contributed by atoms with Crippen LogP contribution in [-0.4, -0.2) is 6.61 Å². The molecule has 0 radical (unpaired) electrons. The highest BCUT2D eigenvalue weighted by Crippen LogP contribution is 2.15. The Labute approximate surface area is 121 Å². The molecule has 0 unspecified atom stereocenters. The molecule has 0 saturated heterocycles. The lowest BCUT2D eigenvalue weighted by molar-refractivity contribution is 0.309. The number of hydrogen-bond acceptors (Lipinski definition) is 1. The third-order valence-electron chi connectivity index (χ3n) is 3.13. The molecule has 0 aliphatic carbocycles. The van der Waals surface area contributed by atoms with Gasteiger partial charge in [-0.05, 0) is 36.1 Å². The van der Waals surface area contributed by atoms with Crippen molar-refractivity contribution in [2.45, 2.75) is 26.2 Å². The Morgan fingerprint density at radius 2 is 1.85 bits per heavy atom. The van der Waals surface area contributed by atoms with Crippen molar-refractivity contribution in [3.05, 3.63) is 71.8 Å². The van der Waals surface area contributed by atoms with Gasteiger partial charge in [0.2, 0.25) is 0 Å². The summed E-state index contributed by atoms with van der Waals surface area (Å²) in [6, 6.07) is 18.8. The molecule has 0 saturated carbocycles. The molecule has 0 aliphatic rings. The van der Waals surface area contributed by atoms with Crippen molar-refractivity contribution in [2.75, 3.05) is 6.61 Å². The third kappa shape index (κ3) is 4.93. The molecule has 0 heterocycles. The Hall–Kier alpha value is -2.02. The summed E-state index contributed by atoms with van der Waals surface area (Å²) in [7, 11) is 0. The zero-order valence-corrected chi connectivity index (χ0v) is 12.1. The molecular formula is C19H22O. The first-order valence-corrected chi connectivity index (χ1v) is 7.32. The van der Waals surface area contributed by atoms with Gasteiger partial charge in [0, 0.05) is 0 Å². The van der Waals surface area contributed by atoms with Gasteiger partial charge in [-0.25, -0.2) is 0 Å². The summed E-state index contributed by atoms with van der Waals surface area (Å²) in [5.41, 5.74) is 2.52. The van der Waals surface area contributed by atoms with Crippen molar-refractivity contribution < 1.29 is 4.74 Å². The summed E-state index contributed by atoms with van der Waals surface area (Å²) in [6.45, 7) is 2.97. The minimum Gasteiger partial charge on any atom is -0.494 e. The van der Waals surface area contributed by atoms with E-state index >= 15 is 0 Å². The second kappa shape index (κ2) is 8.21. The Kier molecular flexibility index (Phi) is 5.91. The van der Waals surface area contributed by atoms with E-state index in [-0.39, 0.29) is 0 Å². The van der Waals surface area contributed by atoms with E-state index in [1.165, 1.54) is 11.1 Å². The van der Waals surface area contributed by atoms with Crippen LogP contribution in [0.5, 0.6) is 5.75 Å². The Balaban J connectivity index is 1.90. The number of hydrogen-bond donors (Lipinski definition) is 0. The monoisotopic (exact) mass is 266 g/mol. The highest BCUT2D eigenvalue weighted by Gasteiger charge is 1.94. The van der Waals surface area contributed by atoms with Crippen LogP contribution in [0.2, 0.25) is 0 Å². The molecule has 2 rings (SSSR count). The van der Waals surface area contributed by atoms with E-state index in [4.69, 9.17) is 4.74 Å². The number of allylic oxidation sites excluding steroid dienone is 1. The molecule has 0 bridgehead atoms. The first-order valence-electron chi connectivity index (χ1n) is 7.32. The third-order valence-corrected chi connectivity index (χ3v) is 3.13. The lowest BCUT2D eigenvalue weighted by Crippen LogP contribution is -1.96. The molecular weight excluding hydrogens is 244 g/mol. The molecule has 1 nitrogen and oxygen atoms in total. The molecule has 0 N–H and O–H groups in total. The van der Waals surface area contributed by atoms with Gasteiger partial charge in [-0.3, -0.25) is 0 Å². The Morgan fingerprint density at radius 3 is 2.65 bits per heavy atom. The maximum atomic E-state index is 5.72. The predicted octanol–water partition coefficient (Wildman–Crippen LogP) is 5.12. The van der Waals surface area contributed by atoms with Gasteiger partial charge in [-0.2, -0.15) is 0 Å². The summed E-state index contributed by atoms with van der Waals surface area (Å²) in [5.74, 6) is 0.959. The van der Waals surface area contributed by atoms with Crippen molar-refractivity contribution in [3.8, 4) is 5.75 Å². The fourth-order valence-electron chi connectivity index (χ4n) is 1.99. The van der Waals surface area contributed by atoms with Crippen LogP contribution in [0, 0.1) is 0 Å². The fraction of sp³-hybridized carbons (Fsp3) is 0.263. The van der Waals surface area contributed by atoms with Crippen molar-refractivity contribution in [1.82, 2.24) is 0 Å². The smallest absolute Gasteiger partial charge is 0.119 e. The lowest BCUT2D eigenvalue weighted by Gasteiger charge is -2.05. The van der Waals surface area contributed by atoms with Gasteiger partial charge in [0.15, 0.2) is 0 Å². The normalized spacial score (nSPS) is 10.8. The molecule has 20 heavy (non-hydrogen) atoms. The Morgan fingerprint density at radius 1 is 1.00 bits per heavy atom. The summed E-state index contributed by atoms with van der Waals surface area (Å²) in [4.78, 5) is 0. The van der Waals surface area contributed by atoms with Crippen LogP contribution >= 0.6 is 0 Å². The minimum absolute atomic E-state index is 0.799. The number of rotatable bonds is 7. The highest BCUT2D eigenvalue weighted by atomic mass is 16.5. The van der Waals surface area contributed by atoms with E-state index < -0.39 is 0 Å². The number of benzene rings is 2. The molecule has 0 aromatic heterocycles. The number of unbranched alkanes of at least 4 members (excludes halogenated alkanes) is 1. The predicted molar refractivity (Wildman–Crippen MR) is 86.0 cm³/mol. The fourth-order valence-corrected chi connectivity index (χ4v) is 1.99. The zero-order chi connectivity index (χ0) is 14.0. The van der Waals surface area contributed by atoms with E-state index in [2.05, 4.69) is 55.5 Å². The minimum atomic E-state index is 0.799. The summed E-state index contributed by atoms with van der Waals surface area (Å²) in [5, 5.41) is 0. The topological polar surface area (TPSA) is 9.23 Å². The lowest BCUT2D eigenvalue weighted by atomic mass is 10.1. The molecule has 0 atom stereocenters. The van der Waals surface area contributed by atoms with E-state index in [1.807, 2.05) is 18.2 Å². The summed E-state index contributed by atoms with van der Waals surface area (Å²) >= 11 is 0. The Bertz CT molecular complexity index is 528. The van der Waals surface area contributed by atoms with Crippen LogP contribution in [0.25, 0.3) is 6.08 Å². The van der Waals surface area contributed by atoms with Crippen LogP contribution in [0.15, 0.2) is 60.7 Å². The quantitative estimate of drug-likeness (QED) is 0.632. The van der Waals surface area contributed by atoms with Gasteiger partial charge in [0.05, 0.1) is 6.61 Å². The molecule has 0 amide bonds. The molecule has 0 spiro atoms. The van der Waals surface area contributed by atoms with Gasteiger partial charge in [0.25, 0.3) is 0 Å². The first-order chi connectivity index (χ1) is 9.88. The largest absolute Gasteiger partial charge is 0.494 e. The summed E-state index contributed by atoms with van der Waals surface area (Å²) in [6.07, 6.45) is 7.58. The molecule has 0 fully saturated rings. The molecule has 1 heteroatoms. The SMILES string of the molecule is CCCCOc1cccc(/C=C/Cc2ccccc2)c1. The van der Waals surface area contributed by atoms with Crippen molar-refractivity contribution in [1.29, 1.82) is 0 Å². The van der Waals surface area contributed by atoms with Gasteiger partial charge in [-0.15, -0.1) is 0 Å². The molecule has 104 valence electrons. The van der Waals surface area contributed by atoms with Crippen LogP contribution in [-0.2, 0) is 6.42 Å². The van der Waals surface area contributed by atoms with E-state index in [0.29, 0.717) is 0 Å². The van der Waals surface area contributed by atoms with E-state index in [0.717, 1.165) is 31.6 Å². The van der Waals surface area contributed by atoms with E-state index in [9.17, 15) is 0 Å². The number of ether oxygens (including phenoxy) is 1. The van der Waals surface area contributed by atoms with Gasteiger partial charge in [-0.1, -0.05) is 68.0 Å². The van der Waals surface area contributed by atoms with Crippen molar-refractivity contribution in [3.63, 3.8) is 0 Å². The van der Waals surface area contributed by atoms with Gasteiger partial charge < -0.3 is 4.74 Å². The van der Waals surface area contributed by atoms with Gasteiger partial charge in [0.1, 0.15) is 5.75 Å².